The summed E-state index contributed by atoms with van der Waals surface area (Å²) in [5, 5.41) is 6.11. The first-order chi connectivity index (χ1) is 11.1. The van der Waals surface area contributed by atoms with Crippen molar-refractivity contribution in [3.8, 4) is 0 Å². The molecule has 5 heteroatoms. The molecule has 0 saturated heterocycles. The van der Waals surface area contributed by atoms with Gasteiger partial charge < -0.3 is 15.1 Å². The zero-order valence-corrected chi connectivity index (χ0v) is 12.6. The van der Waals surface area contributed by atoms with E-state index in [4.69, 9.17) is 4.42 Å². The Kier molecular flexibility index (Phi) is 4.10. The number of hydrogen-bond donors (Lipinski definition) is 2. The predicted molar refractivity (Wildman–Crippen MR) is 88.4 cm³/mol. The van der Waals surface area contributed by atoms with Crippen LogP contribution in [0.5, 0.6) is 0 Å². The van der Waals surface area contributed by atoms with Crippen molar-refractivity contribution in [1.29, 1.82) is 0 Å². The number of furan rings is 1. The van der Waals surface area contributed by atoms with Gasteiger partial charge >= 0.3 is 0 Å². The number of hydrogen-bond acceptors (Lipinski definition) is 3. The van der Waals surface area contributed by atoms with Crippen LogP contribution < -0.4 is 10.6 Å². The van der Waals surface area contributed by atoms with Gasteiger partial charge in [0, 0.05) is 11.1 Å². The molecule has 0 bridgehead atoms. The first-order valence-corrected chi connectivity index (χ1v) is 7.25. The fourth-order valence-corrected chi connectivity index (χ4v) is 2.18. The summed E-state index contributed by atoms with van der Waals surface area (Å²) in [4.78, 5) is 23.9. The molecule has 1 heterocycles. The van der Waals surface area contributed by atoms with E-state index >= 15 is 0 Å². The first-order valence-electron chi connectivity index (χ1n) is 7.25. The maximum atomic E-state index is 12.0. The summed E-state index contributed by atoms with van der Waals surface area (Å²) in [6.45, 7) is 1.85. The largest absolute Gasteiger partial charge is 0.451 e. The van der Waals surface area contributed by atoms with Crippen LogP contribution in [0.1, 0.15) is 16.1 Å². The van der Waals surface area contributed by atoms with Crippen LogP contribution >= 0.6 is 0 Å². The molecule has 0 aliphatic rings. The maximum Gasteiger partial charge on any atom is 0.287 e. The summed E-state index contributed by atoms with van der Waals surface area (Å²) < 4.78 is 5.45. The minimum absolute atomic E-state index is 0.121. The van der Waals surface area contributed by atoms with Gasteiger partial charge in [-0.2, -0.15) is 0 Å². The molecule has 2 N–H and O–H groups in total. The number of para-hydroxylation sites is 1. The second-order valence-electron chi connectivity index (χ2n) is 5.25. The Labute approximate surface area is 133 Å². The van der Waals surface area contributed by atoms with Crippen molar-refractivity contribution in [3.05, 3.63) is 65.9 Å². The molecule has 0 aliphatic carbocycles. The topological polar surface area (TPSA) is 71.3 Å². The highest BCUT2D eigenvalue weighted by atomic mass is 16.3. The van der Waals surface area contributed by atoms with Crippen molar-refractivity contribution < 1.29 is 14.0 Å². The third kappa shape index (κ3) is 3.58. The number of carbonyl (C=O) groups excluding carboxylic acids is 2. The lowest BCUT2D eigenvalue weighted by molar-refractivity contribution is -0.115. The van der Waals surface area contributed by atoms with Gasteiger partial charge in [-0.1, -0.05) is 35.9 Å². The van der Waals surface area contributed by atoms with Crippen LogP contribution in [-0.2, 0) is 4.79 Å². The molecule has 0 radical (unpaired) electrons. The number of rotatable bonds is 4. The Hall–Kier alpha value is -3.08. The summed E-state index contributed by atoms with van der Waals surface area (Å²) in [5.41, 5.74) is 2.45. The molecule has 0 unspecified atom stereocenters. The number of benzene rings is 2. The Morgan fingerprint density at radius 3 is 2.52 bits per heavy atom. The quantitative estimate of drug-likeness (QED) is 0.778. The average molecular weight is 308 g/mol. The van der Waals surface area contributed by atoms with E-state index in [2.05, 4.69) is 10.6 Å². The molecule has 2 amide bonds. The van der Waals surface area contributed by atoms with Crippen LogP contribution in [0, 0.1) is 6.92 Å². The smallest absolute Gasteiger partial charge is 0.287 e. The number of nitrogens with one attached hydrogen (secondary N) is 2. The molecule has 0 atom stereocenters. The van der Waals surface area contributed by atoms with Crippen molar-refractivity contribution in [2.45, 2.75) is 6.92 Å². The van der Waals surface area contributed by atoms with E-state index in [1.54, 1.807) is 12.1 Å². The van der Waals surface area contributed by atoms with Gasteiger partial charge in [-0.3, -0.25) is 9.59 Å². The minimum Gasteiger partial charge on any atom is -0.451 e. The van der Waals surface area contributed by atoms with Crippen LogP contribution in [0.2, 0.25) is 0 Å². The zero-order chi connectivity index (χ0) is 16.2. The van der Waals surface area contributed by atoms with Crippen LogP contribution in [-0.4, -0.2) is 18.4 Å². The molecular formula is C18H16N2O3. The maximum absolute atomic E-state index is 12.0. The molecule has 3 aromatic rings. The van der Waals surface area contributed by atoms with Crippen molar-refractivity contribution in [2.75, 3.05) is 11.9 Å². The SMILES string of the molecule is Cc1ccc(NC(=O)CNC(=O)c2cc3ccccc3o2)cc1. The third-order valence-corrected chi connectivity index (χ3v) is 3.39. The van der Waals surface area contributed by atoms with Gasteiger partial charge in [-0.05, 0) is 31.2 Å². The molecule has 0 aliphatic heterocycles. The molecule has 5 nitrogen and oxygen atoms in total. The lowest BCUT2D eigenvalue weighted by Crippen LogP contribution is -2.32. The van der Waals surface area contributed by atoms with Gasteiger partial charge in [0.25, 0.3) is 5.91 Å². The van der Waals surface area contributed by atoms with Gasteiger partial charge in [0.1, 0.15) is 5.58 Å². The number of fused-ring (bicyclic) bond motifs is 1. The van der Waals surface area contributed by atoms with Crippen molar-refractivity contribution in [2.24, 2.45) is 0 Å². The normalized spacial score (nSPS) is 10.5. The van der Waals surface area contributed by atoms with Gasteiger partial charge in [0.15, 0.2) is 5.76 Å². The average Bonchev–Trinajstić information content (AvgIpc) is 2.99. The van der Waals surface area contributed by atoms with Crippen molar-refractivity contribution >= 4 is 28.5 Å². The fourth-order valence-electron chi connectivity index (χ4n) is 2.18. The van der Waals surface area contributed by atoms with Gasteiger partial charge in [-0.15, -0.1) is 0 Å². The van der Waals surface area contributed by atoms with E-state index in [9.17, 15) is 9.59 Å². The Morgan fingerprint density at radius 1 is 1.04 bits per heavy atom. The molecule has 23 heavy (non-hydrogen) atoms. The van der Waals surface area contributed by atoms with Crippen LogP contribution in [0.15, 0.2) is 59.0 Å². The zero-order valence-electron chi connectivity index (χ0n) is 12.6. The monoisotopic (exact) mass is 308 g/mol. The van der Waals surface area contributed by atoms with Crippen LogP contribution in [0.4, 0.5) is 5.69 Å². The first kappa shape index (κ1) is 14.8. The highest BCUT2D eigenvalue weighted by Gasteiger charge is 2.13. The van der Waals surface area contributed by atoms with E-state index in [1.165, 1.54) is 0 Å². The van der Waals surface area contributed by atoms with Gasteiger partial charge in [-0.25, -0.2) is 0 Å². The predicted octanol–water partition coefficient (Wildman–Crippen LogP) is 3.11. The van der Waals surface area contributed by atoms with E-state index in [0.29, 0.717) is 11.3 Å². The summed E-state index contributed by atoms with van der Waals surface area (Å²) >= 11 is 0. The second kappa shape index (κ2) is 6.36. The van der Waals surface area contributed by atoms with Crippen molar-refractivity contribution in [3.63, 3.8) is 0 Å². The summed E-state index contributed by atoms with van der Waals surface area (Å²) in [6.07, 6.45) is 0. The van der Waals surface area contributed by atoms with Crippen LogP contribution in [0.25, 0.3) is 11.0 Å². The van der Waals surface area contributed by atoms with E-state index in [-0.39, 0.29) is 18.2 Å². The van der Waals surface area contributed by atoms with Crippen molar-refractivity contribution in [1.82, 2.24) is 5.32 Å². The van der Waals surface area contributed by atoms with E-state index < -0.39 is 5.91 Å². The van der Waals surface area contributed by atoms with E-state index in [1.807, 2.05) is 49.4 Å². The molecule has 2 aromatic carbocycles. The van der Waals surface area contributed by atoms with Crippen LogP contribution in [0.3, 0.4) is 0 Å². The molecule has 0 saturated carbocycles. The summed E-state index contributed by atoms with van der Waals surface area (Å²) in [6, 6.07) is 16.4. The molecule has 0 spiro atoms. The van der Waals surface area contributed by atoms with Gasteiger partial charge in [0.2, 0.25) is 5.91 Å². The number of aryl methyl sites for hydroxylation is 1. The third-order valence-electron chi connectivity index (χ3n) is 3.39. The molecule has 116 valence electrons. The number of anilines is 1. The Balaban J connectivity index is 1.57. The standard InChI is InChI=1S/C18H16N2O3/c1-12-6-8-14(9-7-12)20-17(21)11-19-18(22)16-10-13-4-2-3-5-15(13)23-16/h2-10H,11H2,1H3,(H,19,22)(H,20,21). The number of amides is 2. The minimum atomic E-state index is -0.416. The lowest BCUT2D eigenvalue weighted by atomic mass is 10.2. The highest BCUT2D eigenvalue weighted by molar-refractivity contribution is 6.00. The second-order valence-corrected chi connectivity index (χ2v) is 5.25. The Morgan fingerprint density at radius 2 is 1.78 bits per heavy atom. The van der Waals surface area contributed by atoms with Gasteiger partial charge in [0.05, 0.1) is 6.54 Å². The van der Waals surface area contributed by atoms with E-state index in [0.717, 1.165) is 10.9 Å². The number of carbonyl (C=O) groups is 2. The highest BCUT2D eigenvalue weighted by Crippen LogP contribution is 2.18. The molecule has 3 rings (SSSR count). The molecule has 0 fully saturated rings. The Bertz CT molecular complexity index is 817. The molecule has 1 aromatic heterocycles. The summed E-state index contributed by atoms with van der Waals surface area (Å²) in [7, 11) is 0. The molecular weight excluding hydrogens is 292 g/mol. The lowest BCUT2D eigenvalue weighted by Gasteiger charge is -2.06. The fraction of sp³-hybridized carbons (Fsp3) is 0.111. The summed E-state index contributed by atoms with van der Waals surface area (Å²) in [5.74, 6) is -0.520.